The Balaban J connectivity index is 2.24. The lowest BCUT2D eigenvalue weighted by Crippen LogP contribution is -2.42. The third kappa shape index (κ3) is 4.82. The molecule has 25 heavy (non-hydrogen) atoms. The van der Waals surface area contributed by atoms with Crippen LogP contribution < -0.4 is 5.32 Å². The first-order valence-electron chi connectivity index (χ1n) is 9.14. The molecule has 1 aliphatic rings. The van der Waals surface area contributed by atoms with E-state index in [2.05, 4.69) is 19.2 Å². The van der Waals surface area contributed by atoms with Gasteiger partial charge in [-0.3, -0.25) is 4.79 Å². The van der Waals surface area contributed by atoms with Crippen molar-refractivity contribution in [3.8, 4) is 0 Å². The molecule has 5 nitrogen and oxygen atoms in total. The fraction of sp³-hybridized carbons (Fsp3) is 0.632. The maximum Gasteiger partial charge on any atom is 0.251 e. The van der Waals surface area contributed by atoms with Gasteiger partial charge in [0.25, 0.3) is 5.91 Å². The first-order chi connectivity index (χ1) is 11.7. The Morgan fingerprint density at radius 2 is 2.04 bits per heavy atom. The minimum Gasteiger partial charge on any atom is -0.352 e. The molecule has 1 N–H and O–H groups in total. The van der Waals surface area contributed by atoms with E-state index in [1.807, 2.05) is 13.8 Å². The largest absolute Gasteiger partial charge is 0.352 e. The van der Waals surface area contributed by atoms with Gasteiger partial charge in [0.2, 0.25) is 10.0 Å². The predicted molar refractivity (Wildman–Crippen MR) is 100 cm³/mol. The van der Waals surface area contributed by atoms with Crippen molar-refractivity contribution in [1.82, 2.24) is 9.62 Å². The van der Waals surface area contributed by atoms with Gasteiger partial charge in [-0.05, 0) is 56.7 Å². The lowest BCUT2D eigenvalue weighted by atomic mass is 10.1. The summed E-state index contributed by atoms with van der Waals surface area (Å²) in [5, 5.41) is 2.89. The van der Waals surface area contributed by atoms with E-state index in [1.54, 1.807) is 16.4 Å². The van der Waals surface area contributed by atoms with Crippen LogP contribution >= 0.6 is 0 Å². The van der Waals surface area contributed by atoms with Gasteiger partial charge in [-0.25, -0.2) is 8.42 Å². The quantitative estimate of drug-likeness (QED) is 0.840. The summed E-state index contributed by atoms with van der Waals surface area (Å²) < 4.78 is 27.5. The standard InChI is InChI=1S/C19H30N2O3S/c1-14(2)10-11-20-19(22)18-13-17(9-8-15(18)3)25(23,24)21-12-6-5-7-16(21)4/h8-9,13-14,16H,5-7,10-12H2,1-4H3,(H,20,22). The Kier molecular flexibility index (Phi) is 6.63. The van der Waals surface area contributed by atoms with E-state index < -0.39 is 10.0 Å². The van der Waals surface area contributed by atoms with Gasteiger partial charge in [0.15, 0.2) is 0 Å². The van der Waals surface area contributed by atoms with Crippen LogP contribution in [-0.2, 0) is 10.0 Å². The zero-order valence-electron chi connectivity index (χ0n) is 15.7. The number of carbonyl (C=O) groups is 1. The number of nitrogens with one attached hydrogen (secondary N) is 1. The maximum absolute atomic E-state index is 13.0. The summed E-state index contributed by atoms with van der Waals surface area (Å²) in [6, 6.07) is 4.86. The van der Waals surface area contributed by atoms with Crippen molar-refractivity contribution in [3.05, 3.63) is 29.3 Å². The van der Waals surface area contributed by atoms with Crippen molar-refractivity contribution in [2.24, 2.45) is 5.92 Å². The average Bonchev–Trinajstić information content (AvgIpc) is 2.54. The molecule has 1 atom stereocenters. The number of aryl methyl sites for hydroxylation is 1. The lowest BCUT2D eigenvalue weighted by molar-refractivity contribution is 0.0951. The first kappa shape index (κ1) is 19.9. The molecule has 0 radical (unpaired) electrons. The molecule has 140 valence electrons. The lowest BCUT2D eigenvalue weighted by Gasteiger charge is -2.32. The van der Waals surface area contributed by atoms with Crippen molar-refractivity contribution >= 4 is 15.9 Å². The van der Waals surface area contributed by atoms with Crippen LogP contribution in [0.5, 0.6) is 0 Å². The molecule has 0 bridgehead atoms. The summed E-state index contributed by atoms with van der Waals surface area (Å²) in [6.45, 7) is 9.12. The van der Waals surface area contributed by atoms with Crippen molar-refractivity contribution in [3.63, 3.8) is 0 Å². The van der Waals surface area contributed by atoms with E-state index in [0.29, 0.717) is 24.6 Å². The molecule has 0 aromatic heterocycles. The van der Waals surface area contributed by atoms with Gasteiger partial charge < -0.3 is 5.32 Å². The Morgan fingerprint density at radius 3 is 2.68 bits per heavy atom. The molecule has 1 aromatic carbocycles. The Morgan fingerprint density at radius 1 is 1.32 bits per heavy atom. The molecule has 1 aromatic rings. The third-order valence-electron chi connectivity index (χ3n) is 4.81. The molecule has 0 spiro atoms. The van der Waals surface area contributed by atoms with Gasteiger partial charge in [0, 0.05) is 24.7 Å². The van der Waals surface area contributed by atoms with Crippen molar-refractivity contribution < 1.29 is 13.2 Å². The predicted octanol–water partition coefficient (Wildman–Crippen LogP) is 3.33. The monoisotopic (exact) mass is 366 g/mol. The highest BCUT2D eigenvalue weighted by Gasteiger charge is 2.31. The van der Waals surface area contributed by atoms with Gasteiger partial charge in [-0.1, -0.05) is 26.3 Å². The number of rotatable bonds is 6. The van der Waals surface area contributed by atoms with Gasteiger partial charge in [0.05, 0.1) is 4.90 Å². The van der Waals surface area contributed by atoms with Crippen LogP contribution in [0.4, 0.5) is 0 Å². The summed E-state index contributed by atoms with van der Waals surface area (Å²) in [7, 11) is -3.56. The van der Waals surface area contributed by atoms with Crippen LogP contribution in [0.1, 0.15) is 62.4 Å². The van der Waals surface area contributed by atoms with Crippen molar-refractivity contribution in [1.29, 1.82) is 0 Å². The van der Waals surface area contributed by atoms with Crippen molar-refractivity contribution in [2.45, 2.75) is 64.3 Å². The minimum atomic E-state index is -3.56. The van der Waals surface area contributed by atoms with Crippen LogP contribution in [0.3, 0.4) is 0 Å². The molecular weight excluding hydrogens is 336 g/mol. The summed E-state index contributed by atoms with van der Waals surface area (Å²) in [6.07, 6.45) is 3.73. The molecule has 6 heteroatoms. The second kappa shape index (κ2) is 8.32. The van der Waals surface area contributed by atoms with E-state index in [4.69, 9.17) is 0 Å². The van der Waals surface area contributed by atoms with Crippen LogP contribution in [0.2, 0.25) is 0 Å². The fourth-order valence-corrected chi connectivity index (χ4v) is 4.87. The molecule has 2 rings (SSSR count). The summed E-state index contributed by atoms with van der Waals surface area (Å²) >= 11 is 0. The van der Waals surface area contributed by atoms with Crippen LogP contribution in [0, 0.1) is 12.8 Å². The van der Waals surface area contributed by atoms with E-state index in [1.165, 1.54) is 6.07 Å². The normalized spacial score (nSPS) is 19.2. The fourth-order valence-electron chi connectivity index (χ4n) is 3.14. The minimum absolute atomic E-state index is 0.00312. The first-order valence-corrected chi connectivity index (χ1v) is 10.6. The molecule has 1 saturated heterocycles. The van der Waals surface area contributed by atoms with Gasteiger partial charge in [-0.2, -0.15) is 4.31 Å². The second-order valence-electron chi connectivity index (χ2n) is 7.38. The summed E-state index contributed by atoms with van der Waals surface area (Å²) in [5.41, 5.74) is 1.22. The van der Waals surface area contributed by atoms with Gasteiger partial charge in [-0.15, -0.1) is 0 Å². The van der Waals surface area contributed by atoms with Gasteiger partial charge >= 0.3 is 0 Å². The van der Waals surface area contributed by atoms with Gasteiger partial charge in [0.1, 0.15) is 0 Å². The zero-order valence-corrected chi connectivity index (χ0v) is 16.5. The molecule has 1 unspecified atom stereocenters. The third-order valence-corrected chi connectivity index (χ3v) is 6.82. The SMILES string of the molecule is Cc1ccc(S(=O)(=O)N2CCCCC2C)cc1C(=O)NCCC(C)C. The number of piperidine rings is 1. The van der Waals surface area contributed by atoms with E-state index >= 15 is 0 Å². The number of nitrogens with zero attached hydrogens (tertiary/aromatic N) is 1. The number of hydrogen-bond donors (Lipinski definition) is 1. The number of carbonyl (C=O) groups excluding carboxylic acids is 1. The van der Waals surface area contributed by atoms with Crippen molar-refractivity contribution in [2.75, 3.05) is 13.1 Å². The molecule has 0 aliphatic carbocycles. The molecule has 1 fully saturated rings. The average molecular weight is 367 g/mol. The second-order valence-corrected chi connectivity index (χ2v) is 9.27. The number of amides is 1. The molecule has 0 saturated carbocycles. The topological polar surface area (TPSA) is 66.5 Å². The molecule has 1 amide bonds. The summed E-state index contributed by atoms with van der Waals surface area (Å²) in [4.78, 5) is 12.7. The number of benzene rings is 1. The van der Waals surface area contributed by atoms with Crippen LogP contribution in [0.15, 0.2) is 23.1 Å². The van der Waals surface area contributed by atoms with E-state index in [-0.39, 0.29) is 16.8 Å². The highest BCUT2D eigenvalue weighted by molar-refractivity contribution is 7.89. The Labute approximate surface area is 151 Å². The Hall–Kier alpha value is -1.40. The zero-order chi connectivity index (χ0) is 18.6. The van der Waals surface area contributed by atoms with E-state index in [9.17, 15) is 13.2 Å². The number of sulfonamides is 1. The number of hydrogen-bond acceptors (Lipinski definition) is 3. The van der Waals surface area contributed by atoms with E-state index in [0.717, 1.165) is 31.2 Å². The highest BCUT2D eigenvalue weighted by Crippen LogP contribution is 2.26. The molecule has 1 heterocycles. The summed E-state index contributed by atoms with van der Waals surface area (Å²) in [5.74, 6) is 0.301. The van der Waals surface area contributed by atoms with Crippen LogP contribution in [0.25, 0.3) is 0 Å². The molecule has 1 aliphatic heterocycles. The molecular formula is C19H30N2O3S. The highest BCUT2D eigenvalue weighted by atomic mass is 32.2. The maximum atomic E-state index is 13.0. The van der Waals surface area contributed by atoms with Crippen LogP contribution in [-0.4, -0.2) is 37.8 Å². The smallest absolute Gasteiger partial charge is 0.251 e. The Bertz CT molecular complexity index is 713.